The van der Waals surface area contributed by atoms with Crippen molar-refractivity contribution < 1.29 is 19.4 Å². The smallest absolute Gasteiger partial charge is 0.303 e. The first-order valence-electron chi connectivity index (χ1n) is 7.69. The number of carbonyl (C=O) groups is 2. The van der Waals surface area contributed by atoms with Crippen LogP contribution in [0, 0.1) is 6.92 Å². The van der Waals surface area contributed by atoms with Crippen LogP contribution in [0.3, 0.4) is 0 Å². The van der Waals surface area contributed by atoms with Crippen LogP contribution in [-0.4, -0.2) is 53.8 Å². The van der Waals surface area contributed by atoms with E-state index in [0.29, 0.717) is 30.6 Å². The number of ether oxygens (including phenoxy) is 1. The molecule has 7 heteroatoms. The summed E-state index contributed by atoms with van der Waals surface area (Å²) >= 11 is 11.5. The lowest BCUT2D eigenvalue weighted by Gasteiger charge is -2.24. The zero-order valence-corrected chi connectivity index (χ0v) is 15.4. The van der Waals surface area contributed by atoms with Gasteiger partial charge in [0.25, 0.3) is 0 Å². The second-order valence-corrected chi connectivity index (χ2v) is 6.26. The van der Waals surface area contributed by atoms with Gasteiger partial charge in [-0.3, -0.25) is 9.59 Å². The number of carboxylic acids is 1. The Labute approximate surface area is 152 Å². The van der Waals surface area contributed by atoms with Crippen LogP contribution in [-0.2, 0) is 9.59 Å². The minimum absolute atomic E-state index is 0.0693. The Bertz CT molecular complexity index is 560. The zero-order valence-electron chi connectivity index (χ0n) is 13.9. The van der Waals surface area contributed by atoms with Crippen molar-refractivity contribution >= 4 is 35.1 Å². The first-order chi connectivity index (χ1) is 11.4. The molecule has 0 aliphatic carbocycles. The number of carbonyl (C=O) groups excluding carboxylic acids is 1. The number of aliphatic carboxylic acids is 1. The van der Waals surface area contributed by atoms with Gasteiger partial charge in [0, 0.05) is 37.2 Å². The van der Waals surface area contributed by atoms with Crippen LogP contribution >= 0.6 is 23.2 Å². The molecule has 0 spiro atoms. The van der Waals surface area contributed by atoms with Crippen molar-refractivity contribution in [1.82, 2.24) is 4.90 Å². The van der Waals surface area contributed by atoms with Gasteiger partial charge >= 0.3 is 5.97 Å². The van der Waals surface area contributed by atoms with Gasteiger partial charge in [-0.1, -0.05) is 17.7 Å². The van der Waals surface area contributed by atoms with Crippen LogP contribution in [0.1, 0.15) is 29.9 Å². The molecule has 1 rings (SSSR count). The predicted molar refractivity (Wildman–Crippen MR) is 95.4 cm³/mol. The molecule has 24 heavy (non-hydrogen) atoms. The molecule has 1 aromatic carbocycles. The van der Waals surface area contributed by atoms with Gasteiger partial charge in [-0.05, 0) is 18.6 Å². The molecule has 1 unspecified atom stereocenters. The maximum atomic E-state index is 12.5. The molecule has 5 nitrogen and oxygen atoms in total. The van der Waals surface area contributed by atoms with Crippen LogP contribution in [0.25, 0.3) is 0 Å². The standard InChI is InChI=1S/C17H23Cl2NO4/c1-12-3-4-15(24-2)14(9-12)13(11-17(22)23)10-16(21)20(7-5-18)8-6-19/h3-4,9,13H,5-8,10-11H2,1-2H3,(H,22,23). The van der Waals surface area contributed by atoms with Crippen molar-refractivity contribution in [2.75, 3.05) is 32.0 Å². The number of nitrogens with zero attached hydrogens (tertiary/aromatic N) is 1. The van der Waals surface area contributed by atoms with Crippen LogP contribution < -0.4 is 4.74 Å². The molecule has 0 aliphatic rings. The lowest BCUT2D eigenvalue weighted by molar-refractivity contribution is -0.137. The highest BCUT2D eigenvalue weighted by Gasteiger charge is 2.25. The average Bonchev–Trinajstić information content (AvgIpc) is 2.53. The van der Waals surface area contributed by atoms with E-state index in [2.05, 4.69) is 0 Å². The molecule has 1 amide bonds. The lowest BCUT2D eigenvalue weighted by Crippen LogP contribution is -2.35. The van der Waals surface area contributed by atoms with Gasteiger partial charge in [0.2, 0.25) is 5.91 Å². The maximum absolute atomic E-state index is 12.5. The number of aryl methyl sites for hydroxylation is 1. The van der Waals surface area contributed by atoms with E-state index in [1.54, 1.807) is 11.0 Å². The SMILES string of the molecule is COc1ccc(C)cc1C(CC(=O)O)CC(=O)N(CCCl)CCCl. The first-order valence-corrected chi connectivity index (χ1v) is 8.75. The van der Waals surface area contributed by atoms with E-state index in [1.807, 2.05) is 19.1 Å². The predicted octanol–water partition coefficient (Wildman–Crippen LogP) is 3.26. The summed E-state index contributed by atoms with van der Waals surface area (Å²) in [5, 5.41) is 9.23. The topological polar surface area (TPSA) is 66.8 Å². The molecular weight excluding hydrogens is 353 g/mol. The van der Waals surface area contributed by atoms with E-state index >= 15 is 0 Å². The number of rotatable bonds is 10. The second-order valence-electron chi connectivity index (χ2n) is 5.50. The molecule has 0 aromatic heterocycles. The molecule has 1 aromatic rings. The van der Waals surface area contributed by atoms with Gasteiger partial charge in [0.15, 0.2) is 0 Å². The highest BCUT2D eigenvalue weighted by atomic mass is 35.5. The van der Waals surface area contributed by atoms with Crippen molar-refractivity contribution in [3.05, 3.63) is 29.3 Å². The minimum Gasteiger partial charge on any atom is -0.496 e. The summed E-state index contributed by atoms with van der Waals surface area (Å²) in [6.45, 7) is 2.69. The molecule has 134 valence electrons. The summed E-state index contributed by atoms with van der Waals surface area (Å²) in [4.78, 5) is 25.4. The fraction of sp³-hybridized carbons (Fsp3) is 0.529. The van der Waals surface area contributed by atoms with Gasteiger partial charge in [-0.25, -0.2) is 0 Å². The fourth-order valence-electron chi connectivity index (χ4n) is 2.58. The van der Waals surface area contributed by atoms with Gasteiger partial charge in [0.1, 0.15) is 5.75 Å². The van der Waals surface area contributed by atoms with Crippen molar-refractivity contribution in [3.63, 3.8) is 0 Å². The summed E-state index contributed by atoms with van der Waals surface area (Å²) in [7, 11) is 1.53. The molecule has 1 N–H and O–H groups in total. The second kappa shape index (κ2) is 10.4. The highest BCUT2D eigenvalue weighted by molar-refractivity contribution is 6.18. The largest absolute Gasteiger partial charge is 0.496 e. The number of carboxylic acid groups (broad SMARTS) is 1. The molecule has 0 bridgehead atoms. The van der Waals surface area contributed by atoms with Crippen molar-refractivity contribution in [1.29, 1.82) is 0 Å². The summed E-state index contributed by atoms with van der Waals surface area (Å²) in [6, 6.07) is 5.54. The number of hydrogen-bond acceptors (Lipinski definition) is 3. The molecule has 0 fully saturated rings. The molecular formula is C17H23Cl2NO4. The molecule has 0 radical (unpaired) electrons. The normalized spacial score (nSPS) is 11.8. The van der Waals surface area contributed by atoms with E-state index < -0.39 is 11.9 Å². The summed E-state index contributed by atoms with van der Waals surface area (Å²) < 4.78 is 5.34. The molecule has 1 atom stereocenters. The van der Waals surface area contributed by atoms with Gasteiger partial charge in [-0.15, -0.1) is 23.2 Å². The molecule has 0 saturated carbocycles. The number of alkyl halides is 2. The van der Waals surface area contributed by atoms with Gasteiger partial charge in [0.05, 0.1) is 13.5 Å². The number of amides is 1. The maximum Gasteiger partial charge on any atom is 0.303 e. The Balaban J connectivity index is 3.07. The van der Waals surface area contributed by atoms with Crippen molar-refractivity contribution in [2.24, 2.45) is 0 Å². The summed E-state index contributed by atoms with van der Waals surface area (Å²) in [5.74, 6) is -0.400. The molecule has 0 saturated heterocycles. The van der Waals surface area contributed by atoms with Crippen molar-refractivity contribution in [2.45, 2.75) is 25.7 Å². The van der Waals surface area contributed by atoms with Crippen LogP contribution in [0.4, 0.5) is 0 Å². The van der Waals surface area contributed by atoms with Gasteiger partial charge in [-0.2, -0.15) is 0 Å². The number of halogens is 2. The first kappa shape index (κ1) is 20.6. The Hall–Kier alpha value is -1.46. The number of hydrogen-bond donors (Lipinski definition) is 1. The number of benzene rings is 1. The Morgan fingerprint density at radius 3 is 2.33 bits per heavy atom. The van der Waals surface area contributed by atoms with E-state index in [-0.39, 0.29) is 18.7 Å². The van der Waals surface area contributed by atoms with Gasteiger partial charge < -0.3 is 14.7 Å². The van der Waals surface area contributed by atoms with E-state index in [9.17, 15) is 14.7 Å². The van der Waals surface area contributed by atoms with E-state index in [4.69, 9.17) is 27.9 Å². The molecule has 0 heterocycles. The molecule has 0 aliphatic heterocycles. The average molecular weight is 376 g/mol. The third-order valence-electron chi connectivity index (χ3n) is 3.73. The van der Waals surface area contributed by atoms with Crippen LogP contribution in [0.5, 0.6) is 5.75 Å². The fourth-order valence-corrected chi connectivity index (χ4v) is 2.99. The van der Waals surface area contributed by atoms with E-state index in [1.165, 1.54) is 7.11 Å². The Kier molecular flexibility index (Phi) is 8.93. The third-order valence-corrected chi connectivity index (χ3v) is 4.07. The third kappa shape index (κ3) is 6.21. The van der Waals surface area contributed by atoms with Crippen LogP contribution in [0.2, 0.25) is 0 Å². The Morgan fingerprint density at radius 2 is 1.83 bits per heavy atom. The summed E-state index contributed by atoms with van der Waals surface area (Å²) in [5.41, 5.74) is 1.71. The Morgan fingerprint density at radius 1 is 1.21 bits per heavy atom. The van der Waals surface area contributed by atoms with E-state index in [0.717, 1.165) is 11.1 Å². The van der Waals surface area contributed by atoms with Crippen LogP contribution in [0.15, 0.2) is 18.2 Å². The van der Waals surface area contributed by atoms with Crippen molar-refractivity contribution in [3.8, 4) is 5.75 Å². The highest BCUT2D eigenvalue weighted by Crippen LogP contribution is 2.33. The monoisotopic (exact) mass is 375 g/mol. The quantitative estimate of drug-likeness (QED) is 0.637. The number of methoxy groups -OCH3 is 1. The summed E-state index contributed by atoms with van der Waals surface area (Å²) in [6.07, 6.45) is -0.0823. The lowest BCUT2D eigenvalue weighted by atomic mass is 9.90. The zero-order chi connectivity index (χ0) is 18.1. The minimum atomic E-state index is -0.961.